The van der Waals surface area contributed by atoms with E-state index in [1.165, 1.54) is 6.92 Å². The van der Waals surface area contributed by atoms with Crippen LogP contribution in [0.1, 0.15) is 61.8 Å². The molecule has 4 aliphatic rings. The van der Waals surface area contributed by atoms with Crippen molar-refractivity contribution < 1.29 is 42.7 Å². The molecular weight excluding hydrogens is 601 g/mol. The van der Waals surface area contributed by atoms with E-state index < -0.39 is 70.9 Å². The Morgan fingerprint density at radius 2 is 1.56 bits per heavy atom. The first-order chi connectivity index (χ1) is 19.0. The van der Waals surface area contributed by atoms with Gasteiger partial charge in [-0.25, -0.2) is 0 Å². The Balaban J connectivity index is 1.56. The monoisotopic (exact) mass is 643 g/mol. The van der Waals surface area contributed by atoms with Gasteiger partial charge in [-0.1, -0.05) is 62.5 Å². The van der Waals surface area contributed by atoms with E-state index in [1.807, 2.05) is 27.7 Å². The van der Waals surface area contributed by atoms with Crippen LogP contribution in [0.15, 0.2) is 0 Å². The number of nitrogens with one attached hydrogen (secondary N) is 1. The molecule has 4 heterocycles. The second-order valence-electron chi connectivity index (χ2n) is 12.4. The van der Waals surface area contributed by atoms with E-state index >= 15 is 0 Å². The lowest BCUT2D eigenvalue weighted by molar-refractivity contribution is -0.341. The number of hydrogen-bond acceptors (Lipinski definition) is 10. The zero-order valence-corrected chi connectivity index (χ0v) is 27.2. The summed E-state index contributed by atoms with van der Waals surface area (Å²) in [7, 11) is 0. The van der Waals surface area contributed by atoms with Gasteiger partial charge in [0.2, 0.25) is 3.79 Å². The molecule has 0 saturated carbocycles. The maximum atomic E-state index is 12.3. The minimum atomic E-state index is -1.90. The summed E-state index contributed by atoms with van der Waals surface area (Å²) >= 11 is 18.0. The molecule has 4 rings (SSSR count). The number of esters is 1. The van der Waals surface area contributed by atoms with Gasteiger partial charge >= 0.3 is 5.97 Å². The third-order valence-electron chi connectivity index (χ3n) is 8.81. The molecule has 13 heteroatoms. The molecule has 236 valence electrons. The van der Waals surface area contributed by atoms with Crippen LogP contribution in [0.3, 0.4) is 0 Å². The van der Waals surface area contributed by atoms with E-state index in [-0.39, 0.29) is 30.6 Å². The van der Waals surface area contributed by atoms with Crippen LogP contribution in [-0.2, 0) is 42.7 Å². The van der Waals surface area contributed by atoms with Crippen molar-refractivity contribution in [3.8, 4) is 0 Å². The van der Waals surface area contributed by atoms with Crippen LogP contribution in [0.2, 0.25) is 0 Å². The second-order valence-corrected chi connectivity index (χ2v) is 14.7. The molecule has 0 bridgehead atoms. The highest BCUT2D eigenvalue weighted by Gasteiger charge is 2.55. The predicted octanol–water partition coefficient (Wildman–Crippen LogP) is 5.03. The lowest BCUT2D eigenvalue weighted by Gasteiger charge is -2.48. The first kappa shape index (κ1) is 33.6. The summed E-state index contributed by atoms with van der Waals surface area (Å²) in [4.78, 5) is 12.3. The number of carbonyl (C=O) groups excluding carboxylic acids is 1. The van der Waals surface area contributed by atoms with Gasteiger partial charge in [-0.3, -0.25) is 4.79 Å². The summed E-state index contributed by atoms with van der Waals surface area (Å²) < 4.78 is 47.7. The summed E-state index contributed by atoms with van der Waals surface area (Å²) in [6, 6.07) is 0. The number of alkyl halides is 3. The lowest BCUT2D eigenvalue weighted by atomic mass is 9.82. The Morgan fingerprint density at radius 3 is 2.20 bits per heavy atom. The topological polar surface area (TPSA) is 115 Å². The van der Waals surface area contributed by atoms with Gasteiger partial charge in [-0.15, -0.1) is 0 Å². The first-order valence-corrected chi connectivity index (χ1v) is 15.5. The normalized spacial score (nSPS) is 44.7. The van der Waals surface area contributed by atoms with Crippen LogP contribution in [-0.4, -0.2) is 89.8 Å². The first-order valence-electron chi connectivity index (χ1n) is 14.4. The molecule has 0 aromatic rings. The summed E-state index contributed by atoms with van der Waals surface area (Å²) in [5.41, 5.74) is -0.154. The van der Waals surface area contributed by atoms with Crippen LogP contribution >= 0.6 is 34.8 Å². The molecule has 0 radical (unpaired) electrons. The summed E-state index contributed by atoms with van der Waals surface area (Å²) in [5, 5.41) is 8.31. The highest BCUT2D eigenvalue weighted by Crippen LogP contribution is 2.41. The number of halogens is 3. The molecule has 1 N–H and O–H groups in total. The number of hydrogen-bond donors (Lipinski definition) is 1. The number of ether oxygens (including phenoxy) is 8. The Bertz CT molecular complexity index is 949. The Kier molecular flexibility index (Phi) is 10.7. The molecule has 13 atom stereocenters. The molecule has 4 aliphatic heterocycles. The standard InChI is InChI=1S/C28H44Cl3NO9/c1-12-10-35-25(14(3)13(12)2)38-21-15(4)22(37-17(6)33)26(36-16(21)5)39-23-18(9-20(32)28(29,30)31)34-11-19-24(23)41-27(7,8)40-19/h12-16,18-19,21-26,32H,9-11H2,1-8H3/t12-,13+,14?,15+,16?,18?,19+,21-,22?,23-,24?,25+,26+/m1/s1. The molecular formula is C28H44Cl3NO9. The van der Waals surface area contributed by atoms with Crippen molar-refractivity contribution in [1.82, 2.24) is 0 Å². The average Bonchev–Trinajstić information content (AvgIpc) is 3.18. The summed E-state index contributed by atoms with van der Waals surface area (Å²) in [6.07, 6.45) is -5.58. The van der Waals surface area contributed by atoms with E-state index in [1.54, 1.807) is 0 Å². The van der Waals surface area contributed by atoms with Crippen molar-refractivity contribution in [2.24, 2.45) is 23.7 Å². The molecule has 41 heavy (non-hydrogen) atoms. The highest BCUT2D eigenvalue weighted by molar-refractivity contribution is 6.76. The van der Waals surface area contributed by atoms with Gasteiger partial charge in [0, 0.05) is 25.2 Å². The van der Waals surface area contributed by atoms with E-state index in [0.29, 0.717) is 18.4 Å². The maximum Gasteiger partial charge on any atom is 0.303 e. The molecule has 4 saturated heterocycles. The van der Waals surface area contributed by atoms with Crippen LogP contribution in [0.25, 0.3) is 0 Å². The van der Waals surface area contributed by atoms with Crippen LogP contribution in [0, 0.1) is 29.1 Å². The summed E-state index contributed by atoms with van der Waals surface area (Å²) in [6.45, 7) is 16.1. The minimum Gasteiger partial charge on any atom is -0.457 e. The van der Waals surface area contributed by atoms with Gasteiger partial charge in [-0.05, 0) is 32.6 Å². The predicted molar refractivity (Wildman–Crippen MR) is 152 cm³/mol. The molecule has 0 aliphatic carbocycles. The van der Waals surface area contributed by atoms with Crippen LogP contribution in [0.4, 0.5) is 0 Å². The van der Waals surface area contributed by atoms with Crippen molar-refractivity contribution in [2.45, 2.75) is 127 Å². The summed E-state index contributed by atoms with van der Waals surface area (Å²) in [5.74, 6) is -0.652. The van der Waals surface area contributed by atoms with Gasteiger partial charge in [0.05, 0.1) is 37.2 Å². The number of carbonyl (C=O) groups is 1. The van der Waals surface area contributed by atoms with Crippen molar-refractivity contribution >= 4 is 46.5 Å². The Labute approximate surface area is 257 Å². The molecule has 0 aromatic heterocycles. The quantitative estimate of drug-likeness (QED) is 0.231. The van der Waals surface area contributed by atoms with Crippen molar-refractivity contribution in [2.75, 3.05) is 13.2 Å². The van der Waals surface area contributed by atoms with Crippen molar-refractivity contribution in [1.29, 1.82) is 5.41 Å². The molecule has 5 unspecified atom stereocenters. The van der Waals surface area contributed by atoms with E-state index in [4.69, 9.17) is 78.1 Å². The maximum absolute atomic E-state index is 12.3. The average molecular weight is 645 g/mol. The molecule has 10 nitrogen and oxygen atoms in total. The second kappa shape index (κ2) is 13.0. The minimum absolute atomic E-state index is 0.0243. The van der Waals surface area contributed by atoms with Crippen molar-refractivity contribution in [3.63, 3.8) is 0 Å². The van der Waals surface area contributed by atoms with E-state index in [0.717, 1.165) is 0 Å². The van der Waals surface area contributed by atoms with E-state index in [9.17, 15) is 4.79 Å². The van der Waals surface area contributed by atoms with Crippen molar-refractivity contribution in [3.05, 3.63) is 0 Å². The SMILES string of the molecule is CC(=O)OC1[C@H](O[C@@H]2C(CC(=N)C(Cl)(Cl)Cl)OC[C@@H]3OC(C)(C)OC23)OC(C)[C@H](O[C@@H]2OC[C@@H](C)[C@H](C)C2C)[C@@H]1C. The van der Waals surface area contributed by atoms with Gasteiger partial charge in [0.15, 0.2) is 24.5 Å². The van der Waals surface area contributed by atoms with Gasteiger partial charge in [0.25, 0.3) is 0 Å². The fourth-order valence-electron chi connectivity index (χ4n) is 6.17. The zero-order valence-electron chi connectivity index (χ0n) is 24.9. The lowest BCUT2D eigenvalue weighted by Crippen LogP contribution is -2.61. The third kappa shape index (κ3) is 7.70. The molecule has 0 spiro atoms. The largest absolute Gasteiger partial charge is 0.457 e. The van der Waals surface area contributed by atoms with Gasteiger partial charge in [-0.2, -0.15) is 0 Å². The van der Waals surface area contributed by atoms with Gasteiger partial charge in [0.1, 0.15) is 18.3 Å². The highest BCUT2D eigenvalue weighted by atomic mass is 35.6. The smallest absolute Gasteiger partial charge is 0.303 e. The van der Waals surface area contributed by atoms with Crippen LogP contribution < -0.4 is 0 Å². The molecule has 0 aromatic carbocycles. The zero-order chi connectivity index (χ0) is 30.4. The van der Waals surface area contributed by atoms with E-state index in [2.05, 4.69) is 20.8 Å². The fraction of sp³-hybridized carbons (Fsp3) is 0.929. The Hall–Kier alpha value is -0.270. The number of rotatable bonds is 7. The van der Waals surface area contributed by atoms with Crippen LogP contribution in [0.5, 0.6) is 0 Å². The molecule has 4 fully saturated rings. The number of fused-ring (bicyclic) bond motifs is 1. The Morgan fingerprint density at radius 1 is 0.902 bits per heavy atom. The molecule has 0 amide bonds. The third-order valence-corrected chi connectivity index (χ3v) is 9.50. The van der Waals surface area contributed by atoms with Gasteiger partial charge < -0.3 is 43.3 Å². The fourth-order valence-corrected chi connectivity index (χ4v) is 6.40.